The van der Waals surface area contributed by atoms with Gasteiger partial charge in [0.2, 0.25) is 5.95 Å². The molecule has 8 heteroatoms. The molecule has 1 aliphatic heterocycles. The molecule has 0 saturated carbocycles. The first kappa shape index (κ1) is 14.4. The third kappa shape index (κ3) is 2.77. The van der Waals surface area contributed by atoms with Gasteiger partial charge in [-0.25, -0.2) is 0 Å². The van der Waals surface area contributed by atoms with Crippen LogP contribution < -0.4 is 10.6 Å². The molecule has 3 heterocycles. The molecule has 2 aromatic rings. The van der Waals surface area contributed by atoms with Crippen LogP contribution in [0.2, 0.25) is 0 Å². The van der Waals surface area contributed by atoms with Gasteiger partial charge in [0.15, 0.2) is 5.82 Å². The third-order valence-electron chi connectivity index (χ3n) is 4.04. The van der Waals surface area contributed by atoms with E-state index in [0.29, 0.717) is 0 Å². The van der Waals surface area contributed by atoms with E-state index in [2.05, 4.69) is 43.5 Å². The normalized spacial score (nSPS) is 22.7. The standard InChI is InChI=1S/C13H21N7S/c1-3-5-10-11(21-19-16-10)12-15-13(18-17-12)20-7-4-6-9(14)8(20)2/h8-9H,3-7,14H2,1-2H3,(H,15,17,18). The Labute approximate surface area is 128 Å². The lowest BCUT2D eigenvalue weighted by molar-refractivity contribution is 0.416. The van der Waals surface area contributed by atoms with Crippen molar-refractivity contribution in [3.63, 3.8) is 0 Å². The molecule has 1 fully saturated rings. The molecule has 2 atom stereocenters. The van der Waals surface area contributed by atoms with Gasteiger partial charge in [-0.05, 0) is 37.7 Å². The van der Waals surface area contributed by atoms with Gasteiger partial charge in [-0.3, -0.25) is 5.10 Å². The van der Waals surface area contributed by atoms with Crippen molar-refractivity contribution in [2.45, 2.75) is 51.6 Å². The maximum absolute atomic E-state index is 6.15. The van der Waals surface area contributed by atoms with Crippen molar-refractivity contribution in [1.29, 1.82) is 0 Å². The van der Waals surface area contributed by atoms with Crippen LogP contribution in [0.5, 0.6) is 0 Å². The smallest absolute Gasteiger partial charge is 0.245 e. The van der Waals surface area contributed by atoms with Gasteiger partial charge in [-0.15, -0.1) is 10.2 Å². The Balaban J connectivity index is 1.84. The zero-order valence-corrected chi connectivity index (χ0v) is 13.2. The van der Waals surface area contributed by atoms with E-state index in [4.69, 9.17) is 5.73 Å². The molecule has 0 bridgehead atoms. The number of nitrogens with one attached hydrogen (secondary N) is 1. The van der Waals surface area contributed by atoms with Crippen molar-refractivity contribution in [3.8, 4) is 10.7 Å². The summed E-state index contributed by atoms with van der Waals surface area (Å²) in [4.78, 5) is 7.81. The number of anilines is 1. The monoisotopic (exact) mass is 307 g/mol. The predicted molar refractivity (Wildman–Crippen MR) is 83.3 cm³/mol. The average molecular weight is 307 g/mol. The minimum Gasteiger partial charge on any atom is -0.335 e. The average Bonchev–Trinajstić information content (AvgIpc) is 3.11. The summed E-state index contributed by atoms with van der Waals surface area (Å²) in [6, 6.07) is 0.443. The molecule has 1 aliphatic rings. The summed E-state index contributed by atoms with van der Waals surface area (Å²) in [6.45, 7) is 5.22. The number of nitrogens with two attached hydrogens (primary N) is 1. The summed E-state index contributed by atoms with van der Waals surface area (Å²) in [5, 5.41) is 11.6. The van der Waals surface area contributed by atoms with E-state index in [1.165, 1.54) is 11.5 Å². The molecule has 0 radical (unpaired) electrons. The van der Waals surface area contributed by atoms with E-state index in [0.717, 1.165) is 54.6 Å². The van der Waals surface area contributed by atoms with E-state index in [9.17, 15) is 0 Å². The Bertz CT molecular complexity index is 593. The Hall–Kier alpha value is -1.54. The lowest BCUT2D eigenvalue weighted by Crippen LogP contribution is -2.50. The second-order valence-corrected chi connectivity index (χ2v) is 6.28. The van der Waals surface area contributed by atoms with E-state index in [1.807, 2.05) is 0 Å². The maximum atomic E-state index is 6.15. The fourth-order valence-corrected chi connectivity index (χ4v) is 3.37. The highest BCUT2D eigenvalue weighted by Crippen LogP contribution is 2.27. The van der Waals surface area contributed by atoms with Crippen molar-refractivity contribution < 1.29 is 0 Å². The van der Waals surface area contributed by atoms with Crippen LogP contribution in [0.15, 0.2) is 0 Å². The molecular weight excluding hydrogens is 286 g/mol. The van der Waals surface area contributed by atoms with Crippen LogP contribution in [0, 0.1) is 0 Å². The SMILES string of the molecule is CCCc1nnsc1-c1nc(N2CCCC(N)C2C)n[nH]1. The molecule has 114 valence electrons. The number of nitrogens with zero attached hydrogens (tertiary/aromatic N) is 5. The molecular formula is C13H21N7S. The second-order valence-electron chi connectivity index (χ2n) is 5.52. The number of hydrogen-bond acceptors (Lipinski definition) is 7. The first-order valence-electron chi connectivity index (χ1n) is 7.47. The summed E-state index contributed by atoms with van der Waals surface area (Å²) < 4.78 is 4.04. The quantitative estimate of drug-likeness (QED) is 0.890. The molecule has 1 saturated heterocycles. The number of aromatic amines is 1. The summed E-state index contributed by atoms with van der Waals surface area (Å²) in [7, 11) is 0. The fourth-order valence-electron chi connectivity index (χ4n) is 2.73. The Morgan fingerprint density at radius 3 is 3.14 bits per heavy atom. The van der Waals surface area contributed by atoms with Gasteiger partial charge in [0, 0.05) is 18.6 Å². The number of hydrogen-bond donors (Lipinski definition) is 2. The van der Waals surface area contributed by atoms with Gasteiger partial charge in [0.05, 0.1) is 5.69 Å². The molecule has 0 spiro atoms. The minimum atomic E-state index is 0.182. The zero-order chi connectivity index (χ0) is 14.8. The number of piperidine rings is 1. The summed E-state index contributed by atoms with van der Waals surface area (Å²) in [5.41, 5.74) is 7.14. The molecule has 2 unspecified atom stereocenters. The van der Waals surface area contributed by atoms with Crippen LogP contribution >= 0.6 is 11.5 Å². The zero-order valence-electron chi connectivity index (χ0n) is 12.4. The summed E-state index contributed by atoms with van der Waals surface area (Å²) >= 11 is 1.37. The van der Waals surface area contributed by atoms with Gasteiger partial charge >= 0.3 is 0 Å². The highest BCUT2D eigenvalue weighted by Gasteiger charge is 2.28. The van der Waals surface area contributed by atoms with Crippen molar-refractivity contribution in [3.05, 3.63) is 5.69 Å². The van der Waals surface area contributed by atoms with Gasteiger partial charge in [-0.2, -0.15) is 4.98 Å². The van der Waals surface area contributed by atoms with Gasteiger partial charge < -0.3 is 10.6 Å². The Morgan fingerprint density at radius 2 is 2.33 bits per heavy atom. The largest absolute Gasteiger partial charge is 0.335 e. The number of aromatic nitrogens is 5. The first-order valence-corrected chi connectivity index (χ1v) is 8.24. The van der Waals surface area contributed by atoms with Crippen molar-refractivity contribution in [2.75, 3.05) is 11.4 Å². The highest BCUT2D eigenvalue weighted by molar-refractivity contribution is 7.09. The van der Waals surface area contributed by atoms with Crippen molar-refractivity contribution in [1.82, 2.24) is 24.8 Å². The van der Waals surface area contributed by atoms with Gasteiger partial charge in [0.1, 0.15) is 4.88 Å². The molecule has 0 aromatic carbocycles. The molecule has 2 aromatic heterocycles. The Morgan fingerprint density at radius 1 is 1.48 bits per heavy atom. The van der Waals surface area contributed by atoms with Crippen LogP contribution in [0.1, 0.15) is 38.8 Å². The molecule has 7 nitrogen and oxygen atoms in total. The third-order valence-corrected chi connectivity index (χ3v) is 4.81. The maximum Gasteiger partial charge on any atom is 0.245 e. The fraction of sp³-hybridized carbons (Fsp3) is 0.692. The lowest BCUT2D eigenvalue weighted by atomic mass is 9.99. The Kier molecular flexibility index (Phi) is 4.16. The number of aryl methyl sites for hydroxylation is 1. The van der Waals surface area contributed by atoms with E-state index < -0.39 is 0 Å². The lowest BCUT2D eigenvalue weighted by Gasteiger charge is -2.36. The molecule has 3 N–H and O–H groups in total. The van der Waals surface area contributed by atoms with Gasteiger partial charge in [0.25, 0.3) is 0 Å². The summed E-state index contributed by atoms with van der Waals surface area (Å²) in [5.74, 6) is 1.48. The molecule has 21 heavy (non-hydrogen) atoms. The van der Waals surface area contributed by atoms with Crippen molar-refractivity contribution >= 4 is 17.5 Å². The second kappa shape index (κ2) is 6.07. The summed E-state index contributed by atoms with van der Waals surface area (Å²) in [6.07, 6.45) is 4.09. The van der Waals surface area contributed by atoms with E-state index in [1.54, 1.807) is 0 Å². The van der Waals surface area contributed by atoms with Crippen LogP contribution in [0.3, 0.4) is 0 Å². The van der Waals surface area contributed by atoms with Crippen LogP contribution in [0.4, 0.5) is 5.95 Å². The van der Waals surface area contributed by atoms with E-state index >= 15 is 0 Å². The van der Waals surface area contributed by atoms with Crippen LogP contribution in [0.25, 0.3) is 10.7 Å². The first-order chi connectivity index (χ1) is 10.2. The molecule has 3 rings (SSSR count). The predicted octanol–water partition coefficient (Wildman–Crippen LogP) is 1.59. The number of rotatable bonds is 4. The topological polar surface area (TPSA) is 96.6 Å². The van der Waals surface area contributed by atoms with Gasteiger partial charge in [-0.1, -0.05) is 17.8 Å². The highest BCUT2D eigenvalue weighted by atomic mass is 32.1. The van der Waals surface area contributed by atoms with E-state index in [-0.39, 0.29) is 12.1 Å². The van der Waals surface area contributed by atoms with Crippen molar-refractivity contribution in [2.24, 2.45) is 5.73 Å². The number of H-pyrrole nitrogens is 1. The van der Waals surface area contributed by atoms with Crippen LogP contribution in [-0.2, 0) is 6.42 Å². The molecule has 0 amide bonds. The molecule has 0 aliphatic carbocycles. The van der Waals surface area contributed by atoms with Crippen LogP contribution in [-0.4, -0.2) is 43.4 Å². The minimum absolute atomic E-state index is 0.182.